The van der Waals surface area contributed by atoms with E-state index in [-0.39, 0.29) is 5.91 Å². The number of nitrogens with zero attached hydrogens (tertiary/aromatic N) is 3. The van der Waals surface area contributed by atoms with Gasteiger partial charge in [0, 0.05) is 29.0 Å². The second-order valence-electron chi connectivity index (χ2n) is 9.02. The van der Waals surface area contributed by atoms with Crippen LogP contribution in [0.1, 0.15) is 29.8 Å². The molecule has 6 heteroatoms. The molecule has 0 fully saturated rings. The largest absolute Gasteiger partial charge is 0.489 e. The summed E-state index contributed by atoms with van der Waals surface area (Å²) in [4.78, 5) is 17.5. The fraction of sp³-hybridized carbons (Fsp3) is 0.0938. The average Bonchev–Trinajstić information content (AvgIpc) is 3.43. The monoisotopic (exact) mass is 499 g/mol. The Labute approximate surface area is 220 Å². The zero-order valence-corrected chi connectivity index (χ0v) is 20.8. The van der Waals surface area contributed by atoms with Crippen LogP contribution in [0.2, 0.25) is 0 Å². The topological polar surface area (TPSA) is 64.0 Å². The Morgan fingerprint density at radius 3 is 2.26 bits per heavy atom. The minimum atomic E-state index is -0.716. The Hall–Kier alpha value is -4.97. The van der Waals surface area contributed by atoms with Crippen molar-refractivity contribution in [2.45, 2.75) is 19.8 Å². The van der Waals surface area contributed by atoms with Crippen molar-refractivity contribution in [2.75, 3.05) is 0 Å². The number of hydrogen-bond donors (Lipinski definition) is 0. The Balaban J connectivity index is 1.30. The van der Waals surface area contributed by atoms with Crippen molar-refractivity contribution in [1.29, 1.82) is 0 Å². The van der Waals surface area contributed by atoms with E-state index in [2.05, 4.69) is 5.10 Å². The predicted octanol–water partition coefficient (Wildman–Crippen LogP) is 6.72. The molecule has 6 rings (SSSR count). The summed E-state index contributed by atoms with van der Waals surface area (Å²) >= 11 is 0. The van der Waals surface area contributed by atoms with Gasteiger partial charge in [0.15, 0.2) is 0 Å². The number of ether oxygens (including phenoxy) is 2. The minimum absolute atomic E-state index is 0.213. The van der Waals surface area contributed by atoms with Gasteiger partial charge in [0.25, 0.3) is 0 Å². The second-order valence-corrected chi connectivity index (χ2v) is 9.02. The van der Waals surface area contributed by atoms with Crippen LogP contribution in [-0.4, -0.2) is 21.8 Å². The molecule has 38 heavy (non-hydrogen) atoms. The van der Waals surface area contributed by atoms with E-state index in [0.717, 1.165) is 44.6 Å². The summed E-state index contributed by atoms with van der Waals surface area (Å²) in [5, 5.41) is 6.87. The highest BCUT2D eigenvalue weighted by molar-refractivity contribution is 5.97. The van der Waals surface area contributed by atoms with Crippen molar-refractivity contribution in [1.82, 2.24) is 9.99 Å². The molecule has 1 amide bonds. The maximum absolute atomic E-state index is 12.7. The van der Waals surface area contributed by atoms with Crippen LogP contribution in [0.15, 0.2) is 120 Å². The molecular formula is C32H25N3O3. The molecule has 0 spiro atoms. The zero-order valence-electron chi connectivity index (χ0n) is 20.8. The van der Waals surface area contributed by atoms with Crippen LogP contribution in [0.3, 0.4) is 0 Å². The van der Waals surface area contributed by atoms with Crippen LogP contribution in [-0.2, 0) is 16.1 Å². The van der Waals surface area contributed by atoms with Gasteiger partial charge < -0.3 is 9.47 Å². The van der Waals surface area contributed by atoms with Crippen molar-refractivity contribution in [3.8, 4) is 17.0 Å². The van der Waals surface area contributed by atoms with Gasteiger partial charge in [-0.3, -0.25) is 4.79 Å². The number of carbonyl (C=O) groups is 1. The number of pyridine rings is 1. The molecule has 0 radical (unpaired) electrons. The molecule has 1 aromatic heterocycles. The molecule has 0 saturated heterocycles. The summed E-state index contributed by atoms with van der Waals surface area (Å²) in [6.07, 6.45) is -0.716. The van der Waals surface area contributed by atoms with Crippen molar-refractivity contribution >= 4 is 22.7 Å². The van der Waals surface area contributed by atoms with Crippen molar-refractivity contribution in [3.05, 3.63) is 132 Å². The first-order chi connectivity index (χ1) is 18.7. The smallest absolute Gasteiger partial charge is 0.243 e. The number of hydrazone groups is 1. The Bertz CT molecular complexity index is 1620. The maximum Gasteiger partial charge on any atom is 0.243 e. The molecule has 2 heterocycles. The molecule has 186 valence electrons. The Morgan fingerprint density at radius 1 is 0.842 bits per heavy atom. The first kappa shape index (κ1) is 23.4. The summed E-state index contributed by atoms with van der Waals surface area (Å²) in [5.41, 5.74) is 5.29. The van der Waals surface area contributed by atoms with E-state index < -0.39 is 6.23 Å². The number of amides is 1. The lowest BCUT2D eigenvalue weighted by Crippen LogP contribution is -2.25. The van der Waals surface area contributed by atoms with Gasteiger partial charge in [-0.15, -0.1) is 5.10 Å². The van der Waals surface area contributed by atoms with E-state index in [1.165, 1.54) is 11.9 Å². The van der Waals surface area contributed by atoms with Crippen molar-refractivity contribution < 1.29 is 14.3 Å². The van der Waals surface area contributed by atoms with Gasteiger partial charge in [-0.2, -0.15) is 5.01 Å². The van der Waals surface area contributed by atoms with Gasteiger partial charge in [-0.05, 0) is 42.0 Å². The normalized spacial score (nSPS) is 14.7. The molecule has 1 aliphatic rings. The molecule has 0 aliphatic carbocycles. The number of fused-ring (bicyclic) bond motifs is 1. The van der Waals surface area contributed by atoms with Crippen molar-refractivity contribution in [3.63, 3.8) is 0 Å². The van der Waals surface area contributed by atoms with E-state index in [9.17, 15) is 4.79 Å². The van der Waals surface area contributed by atoms with Crippen LogP contribution in [0.25, 0.3) is 22.2 Å². The van der Waals surface area contributed by atoms with Crippen molar-refractivity contribution in [2.24, 2.45) is 5.10 Å². The third-order valence-corrected chi connectivity index (χ3v) is 6.40. The number of carbonyl (C=O) groups excluding carboxylic acids is 1. The standard InChI is InChI=1S/C32H25N3O3/c1-22(36)35-32(28-20-30(24-12-6-3-7-13-24)33-29-15-9-8-14-27(28)29)38-31(34-35)25-16-18-26(19-17-25)37-21-23-10-4-2-5-11-23/h2-20,32H,21H2,1H3. The van der Waals surface area contributed by atoms with Gasteiger partial charge in [-0.25, -0.2) is 4.98 Å². The quantitative estimate of drug-likeness (QED) is 0.260. The third kappa shape index (κ3) is 4.72. The Morgan fingerprint density at radius 2 is 1.53 bits per heavy atom. The lowest BCUT2D eigenvalue weighted by Gasteiger charge is -2.21. The van der Waals surface area contributed by atoms with Crippen LogP contribution in [0.4, 0.5) is 0 Å². The van der Waals surface area contributed by atoms with E-state index in [1.54, 1.807) is 0 Å². The Kier molecular flexibility index (Phi) is 6.28. The molecule has 1 unspecified atom stereocenters. The lowest BCUT2D eigenvalue weighted by atomic mass is 10.0. The molecule has 5 aromatic rings. The summed E-state index contributed by atoms with van der Waals surface area (Å²) in [6, 6.07) is 37.4. The lowest BCUT2D eigenvalue weighted by molar-refractivity contribution is -0.135. The zero-order chi connectivity index (χ0) is 25.9. The van der Waals surface area contributed by atoms with Crippen LogP contribution >= 0.6 is 0 Å². The highest BCUT2D eigenvalue weighted by atomic mass is 16.5. The highest BCUT2D eigenvalue weighted by Crippen LogP contribution is 2.36. The summed E-state index contributed by atoms with van der Waals surface area (Å²) in [7, 11) is 0. The first-order valence-corrected chi connectivity index (χ1v) is 12.4. The first-order valence-electron chi connectivity index (χ1n) is 12.4. The average molecular weight is 500 g/mol. The predicted molar refractivity (Wildman–Crippen MR) is 147 cm³/mol. The second kappa shape index (κ2) is 10.2. The number of aromatic nitrogens is 1. The SMILES string of the molecule is CC(=O)N1N=C(c2ccc(OCc3ccccc3)cc2)OC1c1cc(-c2ccccc2)nc2ccccc12. The maximum atomic E-state index is 12.7. The number of benzene rings is 4. The fourth-order valence-electron chi connectivity index (χ4n) is 4.48. The van der Waals surface area contributed by atoms with Crippen LogP contribution in [0.5, 0.6) is 5.75 Å². The van der Waals surface area contributed by atoms with Gasteiger partial charge >= 0.3 is 0 Å². The number of hydrogen-bond acceptors (Lipinski definition) is 5. The minimum Gasteiger partial charge on any atom is -0.489 e. The summed E-state index contributed by atoms with van der Waals surface area (Å²) in [5.74, 6) is 0.903. The molecule has 4 aromatic carbocycles. The van der Waals surface area contributed by atoms with Crippen LogP contribution in [0, 0.1) is 0 Å². The molecular weight excluding hydrogens is 474 g/mol. The molecule has 0 bridgehead atoms. The highest BCUT2D eigenvalue weighted by Gasteiger charge is 2.34. The summed E-state index contributed by atoms with van der Waals surface area (Å²) < 4.78 is 12.3. The molecule has 0 saturated carbocycles. The van der Waals surface area contributed by atoms with Gasteiger partial charge in [0.05, 0.1) is 11.2 Å². The van der Waals surface area contributed by atoms with Gasteiger partial charge in [0.2, 0.25) is 18.0 Å². The number of rotatable bonds is 6. The number of para-hydroxylation sites is 1. The van der Waals surface area contributed by atoms with Gasteiger partial charge in [-0.1, -0.05) is 78.9 Å². The third-order valence-electron chi connectivity index (χ3n) is 6.40. The van der Waals surface area contributed by atoms with Crippen LogP contribution < -0.4 is 4.74 Å². The van der Waals surface area contributed by atoms with E-state index in [4.69, 9.17) is 14.5 Å². The summed E-state index contributed by atoms with van der Waals surface area (Å²) in [6.45, 7) is 1.97. The molecule has 6 nitrogen and oxygen atoms in total. The molecule has 0 N–H and O–H groups in total. The van der Waals surface area contributed by atoms with E-state index in [1.807, 2.05) is 115 Å². The molecule has 1 aliphatic heterocycles. The van der Waals surface area contributed by atoms with Gasteiger partial charge in [0.1, 0.15) is 12.4 Å². The molecule has 1 atom stereocenters. The van der Waals surface area contributed by atoms with E-state index >= 15 is 0 Å². The van der Waals surface area contributed by atoms with E-state index in [0.29, 0.717) is 12.5 Å². The fourth-order valence-corrected chi connectivity index (χ4v) is 4.48.